The molecule has 2 aromatic rings. The molecule has 0 spiro atoms. The Kier molecular flexibility index (Phi) is 5.19. The van der Waals surface area contributed by atoms with Crippen molar-refractivity contribution in [3.05, 3.63) is 71.0 Å². The highest BCUT2D eigenvalue weighted by atomic mass is 19.1. The molecule has 122 valence electrons. The minimum absolute atomic E-state index is 0.0527. The van der Waals surface area contributed by atoms with Gasteiger partial charge in [0.2, 0.25) is 5.91 Å². The lowest BCUT2D eigenvalue weighted by atomic mass is 9.86. The van der Waals surface area contributed by atoms with E-state index in [-0.39, 0.29) is 29.6 Å². The Balaban J connectivity index is 2.00. The maximum atomic E-state index is 13.6. The van der Waals surface area contributed by atoms with E-state index in [9.17, 15) is 9.18 Å². The van der Waals surface area contributed by atoms with Gasteiger partial charge in [-0.25, -0.2) is 4.39 Å². The normalized spacial score (nSPS) is 12.7. The minimum Gasteiger partial charge on any atom is -0.349 e. The Bertz CT molecular complexity index is 671. The van der Waals surface area contributed by atoms with Crippen LogP contribution in [0.2, 0.25) is 0 Å². The largest absolute Gasteiger partial charge is 0.349 e. The van der Waals surface area contributed by atoms with Crippen molar-refractivity contribution in [1.82, 2.24) is 5.32 Å². The summed E-state index contributed by atoms with van der Waals surface area (Å²) in [6.07, 6.45) is 0.0527. The van der Waals surface area contributed by atoms with Gasteiger partial charge in [-0.1, -0.05) is 63.2 Å². The zero-order valence-corrected chi connectivity index (χ0v) is 14.2. The highest BCUT2D eigenvalue weighted by Crippen LogP contribution is 2.24. The van der Waals surface area contributed by atoms with E-state index in [0.717, 1.165) is 5.56 Å². The molecule has 2 nitrogen and oxygen atoms in total. The van der Waals surface area contributed by atoms with Gasteiger partial charge >= 0.3 is 0 Å². The van der Waals surface area contributed by atoms with Gasteiger partial charge in [0.1, 0.15) is 5.82 Å². The molecule has 0 aliphatic carbocycles. The second-order valence-corrected chi connectivity index (χ2v) is 6.93. The molecule has 0 saturated carbocycles. The van der Waals surface area contributed by atoms with Crippen molar-refractivity contribution < 1.29 is 9.18 Å². The van der Waals surface area contributed by atoms with Crippen LogP contribution in [0.1, 0.15) is 50.4 Å². The molecular weight excluding hydrogens is 289 g/mol. The Morgan fingerprint density at radius 3 is 2.26 bits per heavy atom. The Morgan fingerprint density at radius 1 is 1.09 bits per heavy atom. The van der Waals surface area contributed by atoms with E-state index in [2.05, 4.69) is 38.2 Å². The highest BCUT2D eigenvalue weighted by Gasteiger charge is 2.15. The molecule has 0 bridgehead atoms. The van der Waals surface area contributed by atoms with Crippen LogP contribution >= 0.6 is 0 Å². The van der Waals surface area contributed by atoms with Crippen molar-refractivity contribution in [2.45, 2.75) is 45.6 Å². The van der Waals surface area contributed by atoms with Crippen LogP contribution < -0.4 is 5.32 Å². The predicted octanol–water partition coefficient (Wildman–Crippen LogP) is 4.54. The van der Waals surface area contributed by atoms with Gasteiger partial charge < -0.3 is 5.32 Å². The molecule has 3 heteroatoms. The topological polar surface area (TPSA) is 29.1 Å². The monoisotopic (exact) mass is 313 g/mol. The van der Waals surface area contributed by atoms with E-state index in [1.165, 1.54) is 11.6 Å². The molecule has 0 aliphatic heterocycles. The summed E-state index contributed by atoms with van der Waals surface area (Å²) in [5.41, 5.74) is 2.82. The smallest absolute Gasteiger partial charge is 0.225 e. The fraction of sp³-hybridized carbons (Fsp3) is 0.350. The number of amides is 1. The summed E-state index contributed by atoms with van der Waals surface area (Å²) in [6, 6.07) is 14.5. The van der Waals surface area contributed by atoms with Gasteiger partial charge in [0.05, 0.1) is 12.5 Å². The van der Waals surface area contributed by atoms with Crippen LogP contribution in [0.25, 0.3) is 0 Å². The number of hydrogen-bond acceptors (Lipinski definition) is 1. The third-order valence-corrected chi connectivity index (χ3v) is 3.96. The Morgan fingerprint density at radius 2 is 1.70 bits per heavy atom. The lowest BCUT2D eigenvalue weighted by molar-refractivity contribution is -0.121. The molecule has 0 aromatic heterocycles. The fourth-order valence-electron chi connectivity index (χ4n) is 2.46. The average molecular weight is 313 g/mol. The van der Waals surface area contributed by atoms with Crippen molar-refractivity contribution >= 4 is 5.91 Å². The number of carbonyl (C=O) groups excluding carboxylic acids is 1. The Labute approximate surface area is 137 Å². The molecule has 1 amide bonds. The molecule has 0 radical (unpaired) electrons. The van der Waals surface area contributed by atoms with Crippen molar-refractivity contribution in [2.24, 2.45) is 0 Å². The number of carbonyl (C=O) groups is 1. The van der Waals surface area contributed by atoms with Crippen LogP contribution in [-0.2, 0) is 16.6 Å². The first-order valence-corrected chi connectivity index (χ1v) is 7.90. The van der Waals surface area contributed by atoms with Gasteiger partial charge in [0.15, 0.2) is 0 Å². The van der Waals surface area contributed by atoms with Crippen LogP contribution in [0.4, 0.5) is 4.39 Å². The third kappa shape index (κ3) is 4.65. The number of rotatable bonds is 4. The maximum absolute atomic E-state index is 13.6. The lowest BCUT2D eigenvalue weighted by Crippen LogP contribution is -2.28. The van der Waals surface area contributed by atoms with E-state index in [0.29, 0.717) is 5.56 Å². The van der Waals surface area contributed by atoms with E-state index in [4.69, 9.17) is 0 Å². The van der Waals surface area contributed by atoms with Gasteiger partial charge in [-0.3, -0.25) is 4.79 Å². The lowest BCUT2D eigenvalue weighted by Gasteiger charge is -2.20. The zero-order chi connectivity index (χ0) is 17.0. The van der Waals surface area contributed by atoms with Crippen LogP contribution in [0.5, 0.6) is 0 Å². The highest BCUT2D eigenvalue weighted by molar-refractivity contribution is 5.79. The van der Waals surface area contributed by atoms with E-state index in [1.807, 2.05) is 19.1 Å². The molecule has 0 unspecified atom stereocenters. The summed E-state index contributed by atoms with van der Waals surface area (Å²) in [5.74, 6) is -0.521. The van der Waals surface area contributed by atoms with Gasteiger partial charge in [0.25, 0.3) is 0 Å². The van der Waals surface area contributed by atoms with Crippen molar-refractivity contribution in [3.63, 3.8) is 0 Å². The molecule has 0 saturated heterocycles. The SMILES string of the molecule is C[C@H](NC(=O)Cc1ccccc1F)c1ccc(C(C)(C)C)cc1. The summed E-state index contributed by atoms with van der Waals surface area (Å²) in [7, 11) is 0. The summed E-state index contributed by atoms with van der Waals surface area (Å²) < 4.78 is 13.6. The third-order valence-electron chi connectivity index (χ3n) is 3.96. The van der Waals surface area contributed by atoms with Crippen molar-refractivity contribution in [3.8, 4) is 0 Å². The minimum atomic E-state index is -0.343. The summed E-state index contributed by atoms with van der Waals surface area (Å²) in [4.78, 5) is 12.1. The number of hydrogen-bond donors (Lipinski definition) is 1. The molecule has 23 heavy (non-hydrogen) atoms. The van der Waals surface area contributed by atoms with Gasteiger partial charge in [0, 0.05) is 0 Å². The van der Waals surface area contributed by atoms with Crippen LogP contribution in [0.3, 0.4) is 0 Å². The van der Waals surface area contributed by atoms with E-state index >= 15 is 0 Å². The predicted molar refractivity (Wildman–Crippen MR) is 91.8 cm³/mol. The first kappa shape index (κ1) is 17.2. The van der Waals surface area contributed by atoms with Gasteiger partial charge in [-0.15, -0.1) is 0 Å². The van der Waals surface area contributed by atoms with Gasteiger partial charge in [-0.05, 0) is 35.1 Å². The molecule has 0 fully saturated rings. The number of nitrogens with one attached hydrogen (secondary N) is 1. The quantitative estimate of drug-likeness (QED) is 0.882. The second-order valence-electron chi connectivity index (χ2n) is 6.93. The summed E-state index contributed by atoms with van der Waals surface area (Å²) in [6.45, 7) is 8.44. The summed E-state index contributed by atoms with van der Waals surface area (Å²) in [5, 5.41) is 2.92. The van der Waals surface area contributed by atoms with Crippen LogP contribution in [-0.4, -0.2) is 5.91 Å². The molecule has 2 rings (SSSR count). The molecule has 0 heterocycles. The Hall–Kier alpha value is -2.16. The zero-order valence-electron chi connectivity index (χ0n) is 14.2. The number of benzene rings is 2. The summed E-state index contributed by atoms with van der Waals surface area (Å²) >= 11 is 0. The van der Waals surface area contributed by atoms with Crippen molar-refractivity contribution in [1.29, 1.82) is 0 Å². The molecule has 2 aromatic carbocycles. The standard InChI is InChI=1S/C20H24FNO/c1-14(15-9-11-17(12-10-15)20(2,3)4)22-19(23)13-16-7-5-6-8-18(16)21/h5-12,14H,13H2,1-4H3,(H,22,23)/t14-/m0/s1. The van der Waals surface area contributed by atoms with E-state index < -0.39 is 0 Å². The maximum Gasteiger partial charge on any atom is 0.225 e. The molecule has 1 atom stereocenters. The number of halogens is 1. The van der Waals surface area contributed by atoms with Crippen molar-refractivity contribution in [2.75, 3.05) is 0 Å². The first-order valence-electron chi connectivity index (χ1n) is 7.90. The van der Waals surface area contributed by atoms with Gasteiger partial charge in [-0.2, -0.15) is 0 Å². The fourth-order valence-corrected chi connectivity index (χ4v) is 2.46. The average Bonchev–Trinajstić information content (AvgIpc) is 2.49. The first-order chi connectivity index (χ1) is 10.8. The molecule has 0 aliphatic rings. The van der Waals surface area contributed by atoms with Crippen LogP contribution in [0, 0.1) is 5.82 Å². The molecule has 1 N–H and O–H groups in total. The van der Waals surface area contributed by atoms with Crippen LogP contribution in [0.15, 0.2) is 48.5 Å². The van der Waals surface area contributed by atoms with E-state index in [1.54, 1.807) is 18.2 Å². The molecular formula is C20H24FNO. The second kappa shape index (κ2) is 6.95.